The van der Waals surface area contributed by atoms with E-state index in [9.17, 15) is 13.2 Å². The first-order valence-corrected chi connectivity index (χ1v) is 8.54. The number of hydrogen-bond donors (Lipinski definition) is 1. The Morgan fingerprint density at radius 3 is 2.26 bits per heavy atom. The van der Waals surface area contributed by atoms with Crippen molar-refractivity contribution >= 4 is 15.9 Å². The van der Waals surface area contributed by atoms with Crippen molar-refractivity contribution in [1.29, 1.82) is 0 Å². The molecule has 0 aromatic rings. The van der Waals surface area contributed by atoms with Crippen LogP contribution in [-0.2, 0) is 14.8 Å². The lowest BCUT2D eigenvalue weighted by molar-refractivity contribution is -0.138. The van der Waals surface area contributed by atoms with Crippen LogP contribution in [0.2, 0.25) is 0 Å². The molecule has 19 heavy (non-hydrogen) atoms. The van der Waals surface area contributed by atoms with E-state index in [1.807, 2.05) is 11.8 Å². The van der Waals surface area contributed by atoms with Crippen molar-refractivity contribution < 1.29 is 13.2 Å². The van der Waals surface area contributed by atoms with Crippen LogP contribution in [0.4, 0.5) is 0 Å². The average molecular weight is 289 g/mol. The van der Waals surface area contributed by atoms with Gasteiger partial charge in [-0.15, -0.1) is 0 Å². The van der Waals surface area contributed by atoms with E-state index in [1.54, 1.807) is 6.92 Å². The molecule has 0 spiro atoms. The summed E-state index contributed by atoms with van der Waals surface area (Å²) in [4.78, 5) is 14.1. The summed E-state index contributed by atoms with van der Waals surface area (Å²) in [5.74, 6) is 0.769. The molecule has 2 fully saturated rings. The molecule has 0 aliphatic carbocycles. The van der Waals surface area contributed by atoms with Crippen molar-refractivity contribution in [2.24, 2.45) is 11.8 Å². The van der Waals surface area contributed by atoms with Crippen molar-refractivity contribution in [2.45, 2.75) is 13.8 Å². The first kappa shape index (κ1) is 14.7. The summed E-state index contributed by atoms with van der Waals surface area (Å²) < 4.78 is 25.0. The fourth-order valence-corrected chi connectivity index (χ4v) is 3.61. The molecule has 6 nitrogen and oxygen atoms in total. The second-order valence-electron chi connectivity index (χ2n) is 5.33. The van der Waals surface area contributed by atoms with Crippen LogP contribution < -0.4 is 5.32 Å². The van der Waals surface area contributed by atoms with E-state index in [1.165, 1.54) is 4.31 Å². The molecule has 1 unspecified atom stereocenters. The summed E-state index contributed by atoms with van der Waals surface area (Å²) in [6.07, 6.45) is 0. The maximum Gasteiger partial charge on any atom is 0.225 e. The van der Waals surface area contributed by atoms with Gasteiger partial charge in [-0.2, -0.15) is 4.31 Å². The zero-order valence-corrected chi connectivity index (χ0v) is 12.4. The third-order valence-electron chi connectivity index (χ3n) is 4.22. The van der Waals surface area contributed by atoms with Crippen LogP contribution in [0.3, 0.4) is 0 Å². The Morgan fingerprint density at radius 1 is 1.26 bits per heavy atom. The van der Waals surface area contributed by atoms with Gasteiger partial charge in [0.2, 0.25) is 15.9 Å². The Morgan fingerprint density at radius 2 is 1.84 bits per heavy atom. The van der Waals surface area contributed by atoms with Gasteiger partial charge < -0.3 is 10.2 Å². The highest BCUT2D eigenvalue weighted by Gasteiger charge is 2.34. The van der Waals surface area contributed by atoms with Crippen LogP contribution >= 0.6 is 0 Å². The quantitative estimate of drug-likeness (QED) is 0.746. The predicted molar refractivity (Wildman–Crippen MR) is 73.1 cm³/mol. The van der Waals surface area contributed by atoms with Crippen LogP contribution in [0.15, 0.2) is 0 Å². The Labute approximate surface area is 115 Å². The molecule has 1 N–H and O–H groups in total. The van der Waals surface area contributed by atoms with Gasteiger partial charge in [0.25, 0.3) is 0 Å². The fraction of sp³-hybridized carbons (Fsp3) is 0.917. The highest BCUT2D eigenvalue weighted by molar-refractivity contribution is 7.89. The van der Waals surface area contributed by atoms with E-state index in [0.29, 0.717) is 32.1 Å². The fourth-order valence-electron chi connectivity index (χ4n) is 2.52. The summed E-state index contributed by atoms with van der Waals surface area (Å²) >= 11 is 0. The molecular weight excluding hydrogens is 266 g/mol. The lowest BCUT2D eigenvalue weighted by Crippen LogP contribution is -2.55. The van der Waals surface area contributed by atoms with E-state index < -0.39 is 10.0 Å². The molecule has 0 saturated carbocycles. The minimum absolute atomic E-state index is 0.0376. The SMILES string of the molecule is CCS(=O)(=O)N1CCN(C(=O)C(C)C2CNC2)CC1. The van der Waals surface area contributed by atoms with Crippen molar-refractivity contribution in [1.82, 2.24) is 14.5 Å². The van der Waals surface area contributed by atoms with E-state index in [4.69, 9.17) is 0 Å². The number of nitrogens with one attached hydrogen (secondary N) is 1. The molecule has 0 bridgehead atoms. The largest absolute Gasteiger partial charge is 0.340 e. The van der Waals surface area contributed by atoms with Gasteiger partial charge in [0.15, 0.2) is 0 Å². The molecule has 2 heterocycles. The minimum Gasteiger partial charge on any atom is -0.340 e. The van der Waals surface area contributed by atoms with E-state index in [0.717, 1.165) is 13.1 Å². The second-order valence-corrected chi connectivity index (χ2v) is 7.59. The van der Waals surface area contributed by atoms with Crippen LogP contribution in [0, 0.1) is 11.8 Å². The van der Waals surface area contributed by atoms with Crippen molar-refractivity contribution in [3.63, 3.8) is 0 Å². The molecule has 7 heteroatoms. The number of amides is 1. The summed E-state index contributed by atoms with van der Waals surface area (Å²) in [5.41, 5.74) is 0. The molecule has 0 radical (unpaired) electrons. The summed E-state index contributed by atoms with van der Waals surface area (Å²) in [6, 6.07) is 0. The molecule has 0 aromatic heterocycles. The van der Waals surface area contributed by atoms with Crippen molar-refractivity contribution in [2.75, 3.05) is 45.0 Å². The average Bonchev–Trinajstić information content (AvgIpc) is 2.36. The Bertz CT molecular complexity index is 426. The molecule has 110 valence electrons. The van der Waals surface area contributed by atoms with Gasteiger partial charge in [-0.25, -0.2) is 8.42 Å². The molecule has 2 rings (SSSR count). The minimum atomic E-state index is -3.12. The van der Waals surface area contributed by atoms with Crippen LogP contribution in [0.5, 0.6) is 0 Å². The molecule has 0 aromatic carbocycles. The predicted octanol–water partition coefficient (Wildman–Crippen LogP) is -0.664. The number of nitrogens with zero attached hydrogens (tertiary/aromatic N) is 2. The summed E-state index contributed by atoms with van der Waals surface area (Å²) in [5, 5.41) is 3.18. The van der Waals surface area contributed by atoms with Gasteiger partial charge in [0.05, 0.1) is 5.75 Å². The highest BCUT2D eigenvalue weighted by Crippen LogP contribution is 2.19. The van der Waals surface area contributed by atoms with E-state index >= 15 is 0 Å². The molecule has 1 amide bonds. The standard InChI is InChI=1S/C12H23N3O3S/c1-3-19(17,18)15-6-4-14(5-7-15)12(16)10(2)11-8-13-9-11/h10-11,13H,3-9H2,1-2H3. The van der Waals surface area contributed by atoms with Crippen LogP contribution in [-0.4, -0.2) is 68.6 Å². The lowest BCUT2D eigenvalue weighted by atomic mass is 9.88. The first-order chi connectivity index (χ1) is 8.95. The summed E-state index contributed by atoms with van der Waals surface area (Å²) in [7, 11) is -3.12. The number of rotatable bonds is 4. The monoisotopic (exact) mass is 289 g/mol. The van der Waals surface area contributed by atoms with Gasteiger partial charge in [0.1, 0.15) is 0 Å². The third kappa shape index (κ3) is 3.09. The highest BCUT2D eigenvalue weighted by atomic mass is 32.2. The Hall–Kier alpha value is -0.660. The van der Waals surface area contributed by atoms with Crippen LogP contribution in [0.25, 0.3) is 0 Å². The zero-order chi connectivity index (χ0) is 14.0. The van der Waals surface area contributed by atoms with Crippen molar-refractivity contribution in [3.8, 4) is 0 Å². The number of sulfonamides is 1. The van der Waals surface area contributed by atoms with E-state index in [2.05, 4.69) is 5.32 Å². The van der Waals surface area contributed by atoms with Crippen molar-refractivity contribution in [3.05, 3.63) is 0 Å². The maximum absolute atomic E-state index is 12.3. The molecule has 2 aliphatic rings. The Balaban J connectivity index is 1.87. The summed E-state index contributed by atoms with van der Waals surface area (Å²) in [6.45, 7) is 7.34. The smallest absolute Gasteiger partial charge is 0.225 e. The van der Waals surface area contributed by atoms with Crippen LogP contribution in [0.1, 0.15) is 13.8 Å². The van der Waals surface area contributed by atoms with Gasteiger partial charge in [-0.05, 0) is 25.9 Å². The zero-order valence-electron chi connectivity index (χ0n) is 11.6. The number of carbonyl (C=O) groups is 1. The maximum atomic E-state index is 12.3. The Kier molecular flexibility index (Phi) is 4.47. The topological polar surface area (TPSA) is 69.7 Å². The molecule has 1 atom stereocenters. The second kappa shape index (κ2) is 5.76. The van der Waals surface area contributed by atoms with Gasteiger partial charge in [-0.1, -0.05) is 6.92 Å². The number of carbonyl (C=O) groups excluding carboxylic acids is 1. The van der Waals surface area contributed by atoms with Gasteiger partial charge in [-0.3, -0.25) is 4.79 Å². The number of piperazine rings is 1. The molecular formula is C12H23N3O3S. The van der Waals surface area contributed by atoms with Gasteiger partial charge in [0, 0.05) is 32.1 Å². The third-order valence-corrected chi connectivity index (χ3v) is 6.10. The first-order valence-electron chi connectivity index (χ1n) is 6.93. The molecule has 2 aliphatic heterocycles. The normalized spacial score (nSPS) is 24.0. The lowest BCUT2D eigenvalue weighted by Gasteiger charge is -2.38. The van der Waals surface area contributed by atoms with Gasteiger partial charge >= 0.3 is 0 Å². The molecule has 2 saturated heterocycles. The number of hydrogen-bond acceptors (Lipinski definition) is 4. The van der Waals surface area contributed by atoms with E-state index in [-0.39, 0.29) is 17.6 Å².